The maximum absolute atomic E-state index is 13.0. The van der Waals surface area contributed by atoms with Crippen LogP contribution in [0.3, 0.4) is 0 Å². The molecule has 0 unspecified atom stereocenters. The van der Waals surface area contributed by atoms with Gasteiger partial charge in [-0.1, -0.05) is 19.3 Å². The average Bonchev–Trinajstić information content (AvgIpc) is 3.30. The van der Waals surface area contributed by atoms with E-state index in [9.17, 15) is 9.59 Å². The number of aromatic amines is 1. The van der Waals surface area contributed by atoms with Crippen LogP contribution in [0.4, 0.5) is 0 Å². The lowest BCUT2D eigenvalue weighted by atomic mass is 9.86. The molecule has 7 heteroatoms. The van der Waals surface area contributed by atoms with Crippen LogP contribution in [0.15, 0.2) is 4.79 Å². The van der Waals surface area contributed by atoms with Crippen molar-refractivity contribution in [2.45, 2.75) is 89.3 Å². The summed E-state index contributed by atoms with van der Waals surface area (Å²) in [6.45, 7) is 3.82. The van der Waals surface area contributed by atoms with E-state index >= 15 is 0 Å². The Balaban J connectivity index is 1.28. The van der Waals surface area contributed by atoms with E-state index in [0.29, 0.717) is 43.5 Å². The highest BCUT2D eigenvalue weighted by Gasteiger charge is 2.35. The summed E-state index contributed by atoms with van der Waals surface area (Å²) in [6.07, 6.45) is 11.8. The number of H-pyrrole nitrogens is 1. The van der Waals surface area contributed by atoms with Crippen molar-refractivity contribution < 1.29 is 9.53 Å². The summed E-state index contributed by atoms with van der Waals surface area (Å²) in [7, 11) is 0. The Kier molecular flexibility index (Phi) is 6.41. The van der Waals surface area contributed by atoms with Crippen molar-refractivity contribution in [1.82, 2.24) is 19.8 Å². The number of aromatic nitrogens is 2. The molecule has 7 nitrogen and oxygen atoms in total. The molecule has 5 rings (SSSR count). The Morgan fingerprint density at radius 3 is 2.65 bits per heavy atom. The van der Waals surface area contributed by atoms with Gasteiger partial charge in [-0.15, -0.1) is 0 Å². The van der Waals surface area contributed by atoms with Crippen molar-refractivity contribution in [2.75, 3.05) is 26.3 Å². The number of hydrogen-bond donors (Lipinski definition) is 1. The second-order valence-electron chi connectivity index (χ2n) is 9.89. The first-order valence-electron chi connectivity index (χ1n) is 12.4. The second kappa shape index (κ2) is 9.41. The Morgan fingerprint density at radius 1 is 1.03 bits per heavy atom. The van der Waals surface area contributed by atoms with Crippen molar-refractivity contribution in [2.24, 2.45) is 5.92 Å². The van der Waals surface area contributed by atoms with Crippen LogP contribution in [0.25, 0.3) is 0 Å². The van der Waals surface area contributed by atoms with Gasteiger partial charge in [-0.25, -0.2) is 4.98 Å². The molecule has 4 heterocycles. The molecule has 1 aromatic rings. The molecule has 1 saturated carbocycles. The summed E-state index contributed by atoms with van der Waals surface area (Å²) in [5.74, 6) is 1.57. The lowest BCUT2D eigenvalue weighted by Crippen LogP contribution is -2.42. The van der Waals surface area contributed by atoms with Gasteiger partial charge in [0.2, 0.25) is 5.91 Å². The number of likely N-dealkylation sites (tertiary alicyclic amines) is 1. The molecule has 0 spiro atoms. The molecule has 170 valence electrons. The number of fused-ring (bicyclic) bond motifs is 1. The topological polar surface area (TPSA) is 78.5 Å². The molecule has 3 fully saturated rings. The van der Waals surface area contributed by atoms with E-state index < -0.39 is 0 Å². The standard InChI is InChI=1S/C24H36N4O3/c29-22(15-17-5-2-1-3-6-17)27-12-8-20-19(16-27)24(30)26-23(25-20)21-7-4-11-28(21)18-9-13-31-14-10-18/h17-18,21H,1-16H2,(H,25,26,30)/t21-/m0/s1. The SMILES string of the molecule is O=C(CC1CCCCC1)N1CCc2nc([C@@H]3CCCN3C3CCOCC3)[nH]c(=O)c2C1. The molecular weight excluding hydrogens is 392 g/mol. The molecule has 0 aromatic carbocycles. The summed E-state index contributed by atoms with van der Waals surface area (Å²) in [5.41, 5.74) is 1.55. The molecule has 1 atom stereocenters. The Hall–Kier alpha value is -1.73. The lowest BCUT2D eigenvalue weighted by Gasteiger charge is -2.35. The number of nitrogens with zero attached hydrogens (tertiary/aromatic N) is 3. The average molecular weight is 429 g/mol. The molecule has 1 amide bonds. The van der Waals surface area contributed by atoms with Gasteiger partial charge in [-0.05, 0) is 51.0 Å². The fourth-order valence-corrected chi connectivity index (χ4v) is 6.12. The van der Waals surface area contributed by atoms with Gasteiger partial charge in [0.15, 0.2) is 0 Å². The third kappa shape index (κ3) is 4.58. The zero-order chi connectivity index (χ0) is 21.2. The molecule has 2 saturated heterocycles. The van der Waals surface area contributed by atoms with E-state index in [1.165, 1.54) is 32.1 Å². The van der Waals surface area contributed by atoms with E-state index in [1.807, 2.05) is 4.90 Å². The highest BCUT2D eigenvalue weighted by atomic mass is 16.5. The molecule has 31 heavy (non-hydrogen) atoms. The summed E-state index contributed by atoms with van der Waals surface area (Å²) < 4.78 is 5.54. The van der Waals surface area contributed by atoms with Crippen molar-refractivity contribution in [3.63, 3.8) is 0 Å². The predicted molar refractivity (Wildman–Crippen MR) is 118 cm³/mol. The maximum Gasteiger partial charge on any atom is 0.256 e. The quantitative estimate of drug-likeness (QED) is 0.798. The summed E-state index contributed by atoms with van der Waals surface area (Å²) in [5, 5.41) is 0. The molecule has 3 aliphatic heterocycles. The third-order valence-electron chi connectivity index (χ3n) is 7.90. The number of carbonyl (C=O) groups excluding carboxylic acids is 1. The maximum atomic E-state index is 13.0. The van der Waals surface area contributed by atoms with Gasteiger partial charge in [0, 0.05) is 38.6 Å². The Morgan fingerprint density at radius 2 is 1.84 bits per heavy atom. The summed E-state index contributed by atoms with van der Waals surface area (Å²) >= 11 is 0. The first-order chi connectivity index (χ1) is 15.2. The largest absolute Gasteiger partial charge is 0.381 e. The van der Waals surface area contributed by atoms with E-state index in [-0.39, 0.29) is 17.5 Å². The Bertz CT molecular complexity index is 842. The van der Waals surface area contributed by atoms with Gasteiger partial charge in [0.05, 0.1) is 23.8 Å². The smallest absolute Gasteiger partial charge is 0.256 e. The van der Waals surface area contributed by atoms with Crippen LogP contribution in [-0.2, 0) is 22.5 Å². The number of hydrogen-bond acceptors (Lipinski definition) is 5. The zero-order valence-corrected chi connectivity index (χ0v) is 18.6. The summed E-state index contributed by atoms with van der Waals surface area (Å²) in [6, 6.07) is 0.725. The Labute approximate surface area is 184 Å². The lowest BCUT2D eigenvalue weighted by molar-refractivity contribution is -0.133. The van der Waals surface area contributed by atoms with E-state index in [0.717, 1.165) is 57.0 Å². The number of carbonyl (C=O) groups is 1. The minimum Gasteiger partial charge on any atom is -0.381 e. The molecular formula is C24H36N4O3. The van der Waals surface area contributed by atoms with Crippen molar-refractivity contribution in [1.29, 1.82) is 0 Å². The highest BCUT2D eigenvalue weighted by Crippen LogP contribution is 2.34. The number of amides is 1. The minimum atomic E-state index is -0.0472. The number of nitrogens with one attached hydrogen (secondary N) is 1. The van der Waals surface area contributed by atoms with Gasteiger partial charge < -0.3 is 14.6 Å². The predicted octanol–water partition coefficient (Wildman–Crippen LogP) is 2.94. The van der Waals surface area contributed by atoms with Crippen LogP contribution < -0.4 is 5.56 Å². The van der Waals surface area contributed by atoms with Crippen molar-refractivity contribution >= 4 is 5.91 Å². The van der Waals surface area contributed by atoms with E-state index in [4.69, 9.17) is 9.72 Å². The molecule has 1 N–H and O–H groups in total. The van der Waals surface area contributed by atoms with Crippen LogP contribution in [0.5, 0.6) is 0 Å². The van der Waals surface area contributed by atoms with E-state index in [2.05, 4.69) is 9.88 Å². The fourth-order valence-electron chi connectivity index (χ4n) is 6.12. The zero-order valence-electron chi connectivity index (χ0n) is 18.6. The molecule has 1 aliphatic carbocycles. The van der Waals surface area contributed by atoms with Crippen molar-refractivity contribution in [3.8, 4) is 0 Å². The number of rotatable bonds is 4. The first-order valence-corrected chi connectivity index (χ1v) is 12.4. The van der Waals surface area contributed by atoms with E-state index in [1.54, 1.807) is 0 Å². The summed E-state index contributed by atoms with van der Waals surface area (Å²) in [4.78, 5) is 38.3. The first kappa shape index (κ1) is 21.1. The van der Waals surface area contributed by atoms with Crippen LogP contribution in [-0.4, -0.2) is 58.0 Å². The normalized spacial score (nSPS) is 26.2. The van der Waals surface area contributed by atoms with Crippen molar-refractivity contribution in [3.05, 3.63) is 27.4 Å². The van der Waals surface area contributed by atoms with Crippen LogP contribution in [0, 0.1) is 5.92 Å². The van der Waals surface area contributed by atoms with Crippen LogP contribution in [0.2, 0.25) is 0 Å². The molecule has 4 aliphatic rings. The third-order valence-corrected chi connectivity index (χ3v) is 7.90. The monoisotopic (exact) mass is 428 g/mol. The van der Waals surface area contributed by atoms with Gasteiger partial charge in [0.25, 0.3) is 5.56 Å². The highest BCUT2D eigenvalue weighted by molar-refractivity contribution is 5.76. The van der Waals surface area contributed by atoms with Crippen LogP contribution >= 0.6 is 0 Å². The fraction of sp³-hybridized carbons (Fsp3) is 0.792. The van der Waals surface area contributed by atoms with Gasteiger partial charge in [-0.2, -0.15) is 0 Å². The number of ether oxygens (including phenoxy) is 1. The molecule has 0 radical (unpaired) electrons. The molecule has 1 aromatic heterocycles. The second-order valence-corrected chi connectivity index (χ2v) is 9.89. The molecule has 0 bridgehead atoms. The van der Waals surface area contributed by atoms with Gasteiger partial charge in [0.1, 0.15) is 5.82 Å². The van der Waals surface area contributed by atoms with Gasteiger partial charge in [-0.3, -0.25) is 14.5 Å². The van der Waals surface area contributed by atoms with Crippen LogP contribution in [0.1, 0.15) is 87.3 Å². The minimum absolute atomic E-state index is 0.0472. The van der Waals surface area contributed by atoms with Gasteiger partial charge >= 0.3 is 0 Å².